The lowest BCUT2D eigenvalue weighted by molar-refractivity contribution is 0.160. The van der Waals surface area contributed by atoms with Gasteiger partial charge < -0.3 is 9.84 Å². The highest BCUT2D eigenvalue weighted by molar-refractivity contribution is 7.15. The molecule has 0 bridgehead atoms. The second-order valence-corrected chi connectivity index (χ2v) is 6.05. The number of benzene rings is 1. The van der Waals surface area contributed by atoms with Crippen molar-refractivity contribution in [1.82, 2.24) is 4.98 Å². The second-order valence-electron chi connectivity index (χ2n) is 4.58. The fraction of sp³-hybridized carbons (Fsp3) is 0.357. The average molecular weight is 296 g/mol. The summed E-state index contributed by atoms with van der Waals surface area (Å²) in [5, 5.41) is 11.5. The Balaban J connectivity index is 2.08. The smallest absolute Gasteiger partial charge is 0.130 e. The van der Waals surface area contributed by atoms with E-state index in [0.29, 0.717) is 10.8 Å². The topological polar surface area (TPSA) is 42.4 Å². The summed E-state index contributed by atoms with van der Waals surface area (Å²) in [5.41, 5.74) is 1.95. The molecule has 0 radical (unpaired) electrons. The molecular formula is C14H14ClNO2S. The van der Waals surface area contributed by atoms with Crippen LogP contribution in [-0.2, 0) is 6.42 Å². The molecule has 1 aromatic carbocycles. The van der Waals surface area contributed by atoms with Gasteiger partial charge in [-0.1, -0.05) is 11.6 Å². The van der Waals surface area contributed by atoms with Crippen molar-refractivity contribution in [2.24, 2.45) is 0 Å². The van der Waals surface area contributed by atoms with Gasteiger partial charge in [0.05, 0.1) is 29.3 Å². The Morgan fingerprint density at radius 3 is 3.05 bits per heavy atom. The number of hydrogen-bond donors (Lipinski definition) is 1. The molecule has 1 aromatic heterocycles. The number of methoxy groups -OCH3 is 1. The van der Waals surface area contributed by atoms with E-state index < -0.39 is 0 Å². The van der Waals surface area contributed by atoms with Crippen LogP contribution in [0.15, 0.2) is 18.2 Å². The van der Waals surface area contributed by atoms with Gasteiger partial charge in [-0.3, -0.25) is 0 Å². The van der Waals surface area contributed by atoms with Gasteiger partial charge in [0.15, 0.2) is 0 Å². The van der Waals surface area contributed by atoms with E-state index in [1.165, 1.54) is 0 Å². The van der Waals surface area contributed by atoms with E-state index >= 15 is 0 Å². The molecule has 1 atom stereocenters. The van der Waals surface area contributed by atoms with Gasteiger partial charge >= 0.3 is 0 Å². The van der Waals surface area contributed by atoms with Crippen molar-refractivity contribution in [1.29, 1.82) is 0 Å². The highest BCUT2D eigenvalue weighted by Crippen LogP contribution is 2.41. The maximum atomic E-state index is 10.0. The number of halogens is 1. The van der Waals surface area contributed by atoms with E-state index in [9.17, 15) is 5.11 Å². The fourth-order valence-corrected chi connectivity index (χ4v) is 3.68. The molecule has 1 N–H and O–H groups in total. The van der Waals surface area contributed by atoms with Gasteiger partial charge in [0.2, 0.25) is 0 Å². The molecule has 19 heavy (non-hydrogen) atoms. The number of hydrogen-bond acceptors (Lipinski definition) is 4. The molecule has 3 nitrogen and oxygen atoms in total. The molecule has 0 saturated heterocycles. The Morgan fingerprint density at radius 1 is 1.47 bits per heavy atom. The van der Waals surface area contributed by atoms with Gasteiger partial charge in [-0.15, -0.1) is 11.3 Å². The average Bonchev–Trinajstić information content (AvgIpc) is 2.83. The van der Waals surface area contributed by atoms with E-state index in [-0.39, 0.29) is 6.10 Å². The van der Waals surface area contributed by atoms with Crippen LogP contribution in [0, 0.1) is 0 Å². The van der Waals surface area contributed by atoms with Crippen LogP contribution in [0.3, 0.4) is 0 Å². The normalized spacial score (nSPS) is 18.2. The first-order valence-corrected chi connectivity index (χ1v) is 7.40. The number of ether oxygens (including phenoxy) is 1. The zero-order valence-corrected chi connectivity index (χ0v) is 12.1. The van der Waals surface area contributed by atoms with Crippen LogP contribution in [-0.4, -0.2) is 17.2 Å². The van der Waals surface area contributed by atoms with Crippen LogP contribution in [0.4, 0.5) is 0 Å². The summed E-state index contributed by atoms with van der Waals surface area (Å²) in [7, 11) is 1.62. The summed E-state index contributed by atoms with van der Waals surface area (Å²) in [6.07, 6.45) is 2.40. The number of thiazole rings is 1. The van der Waals surface area contributed by atoms with Gasteiger partial charge in [0.25, 0.3) is 0 Å². The number of aliphatic hydroxyl groups excluding tert-OH is 1. The minimum atomic E-state index is -0.367. The summed E-state index contributed by atoms with van der Waals surface area (Å²) in [4.78, 5) is 5.64. The molecule has 2 aromatic rings. The second kappa shape index (κ2) is 5.12. The van der Waals surface area contributed by atoms with Crippen molar-refractivity contribution in [3.63, 3.8) is 0 Å². The molecular weight excluding hydrogens is 282 g/mol. The van der Waals surface area contributed by atoms with Gasteiger partial charge in [-0.05, 0) is 37.5 Å². The molecule has 0 aliphatic heterocycles. The Morgan fingerprint density at radius 2 is 2.32 bits per heavy atom. The number of nitrogens with zero attached hydrogens (tertiary/aromatic N) is 1. The van der Waals surface area contributed by atoms with Gasteiger partial charge in [0.1, 0.15) is 10.8 Å². The lowest BCUT2D eigenvalue weighted by Crippen LogP contribution is -2.06. The van der Waals surface area contributed by atoms with E-state index in [0.717, 1.165) is 40.4 Å². The number of aliphatic hydroxyl groups is 1. The molecule has 0 amide bonds. The third-order valence-electron chi connectivity index (χ3n) is 3.32. The van der Waals surface area contributed by atoms with Crippen molar-refractivity contribution < 1.29 is 9.84 Å². The standard InChI is InChI=1S/C14H14ClNO2S/c1-18-12-7-8(15)5-6-9(12)14-16-10-3-2-4-11(17)13(10)19-14/h5-7,11,17H,2-4H2,1H3. The number of fused-ring (bicyclic) bond motifs is 1. The van der Waals surface area contributed by atoms with Gasteiger partial charge in [-0.25, -0.2) is 4.98 Å². The number of aryl methyl sites for hydroxylation is 1. The molecule has 1 heterocycles. The van der Waals surface area contributed by atoms with Crippen molar-refractivity contribution in [2.45, 2.75) is 25.4 Å². The molecule has 3 rings (SSSR count). The van der Waals surface area contributed by atoms with E-state index in [1.807, 2.05) is 12.1 Å². The van der Waals surface area contributed by atoms with Crippen LogP contribution < -0.4 is 4.74 Å². The lowest BCUT2D eigenvalue weighted by Gasteiger charge is -2.14. The minimum absolute atomic E-state index is 0.367. The summed E-state index contributed by atoms with van der Waals surface area (Å²) < 4.78 is 5.36. The molecule has 1 aliphatic rings. The van der Waals surface area contributed by atoms with Crippen molar-refractivity contribution in [3.8, 4) is 16.3 Å². The highest BCUT2D eigenvalue weighted by atomic mass is 35.5. The molecule has 5 heteroatoms. The zero-order chi connectivity index (χ0) is 13.4. The SMILES string of the molecule is COc1cc(Cl)ccc1-c1nc2c(s1)C(O)CCC2. The largest absolute Gasteiger partial charge is 0.496 e. The van der Waals surface area contributed by atoms with Crippen LogP contribution in [0.1, 0.15) is 29.5 Å². The summed E-state index contributed by atoms with van der Waals surface area (Å²) in [6.45, 7) is 0. The Labute approximate surface area is 120 Å². The Bertz CT molecular complexity index is 611. The first-order valence-electron chi connectivity index (χ1n) is 6.20. The van der Waals surface area contributed by atoms with Gasteiger partial charge in [-0.2, -0.15) is 0 Å². The quantitative estimate of drug-likeness (QED) is 0.915. The van der Waals surface area contributed by atoms with Crippen LogP contribution >= 0.6 is 22.9 Å². The van der Waals surface area contributed by atoms with Crippen molar-refractivity contribution in [2.75, 3.05) is 7.11 Å². The van der Waals surface area contributed by atoms with Crippen molar-refractivity contribution >= 4 is 22.9 Å². The Kier molecular flexibility index (Phi) is 3.48. The molecule has 1 unspecified atom stereocenters. The van der Waals surface area contributed by atoms with E-state index in [4.69, 9.17) is 16.3 Å². The third kappa shape index (κ3) is 2.36. The summed E-state index contributed by atoms with van der Waals surface area (Å²) in [5.74, 6) is 0.716. The Hall–Kier alpha value is -1.10. The third-order valence-corrected chi connectivity index (χ3v) is 4.78. The number of aromatic nitrogens is 1. The maximum Gasteiger partial charge on any atom is 0.130 e. The monoisotopic (exact) mass is 295 g/mol. The molecule has 0 saturated carbocycles. The van der Waals surface area contributed by atoms with E-state index in [1.54, 1.807) is 24.5 Å². The van der Waals surface area contributed by atoms with Crippen molar-refractivity contribution in [3.05, 3.63) is 33.8 Å². The summed E-state index contributed by atoms with van der Waals surface area (Å²) >= 11 is 7.52. The van der Waals surface area contributed by atoms with Gasteiger partial charge in [0, 0.05) is 5.02 Å². The number of rotatable bonds is 2. The molecule has 0 spiro atoms. The zero-order valence-electron chi connectivity index (χ0n) is 10.5. The first kappa shape index (κ1) is 12.9. The van der Waals surface area contributed by atoms with Crippen LogP contribution in [0.5, 0.6) is 5.75 Å². The lowest BCUT2D eigenvalue weighted by atomic mass is 10.0. The maximum absolute atomic E-state index is 10.0. The first-order chi connectivity index (χ1) is 9.19. The highest BCUT2D eigenvalue weighted by Gasteiger charge is 2.24. The van der Waals surface area contributed by atoms with Crippen LogP contribution in [0.25, 0.3) is 10.6 Å². The molecule has 100 valence electrons. The van der Waals surface area contributed by atoms with Crippen LogP contribution in [0.2, 0.25) is 5.02 Å². The van der Waals surface area contributed by atoms with E-state index in [2.05, 4.69) is 4.98 Å². The molecule has 1 aliphatic carbocycles. The predicted octanol–water partition coefficient (Wildman–Crippen LogP) is 3.84. The summed E-state index contributed by atoms with van der Waals surface area (Å²) in [6, 6.07) is 5.53. The predicted molar refractivity (Wildman–Crippen MR) is 77.0 cm³/mol. The fourth-order valence-electron chi connectivity index (χ4n) is 2.35. The minimum Gasteiger partial charge on any atom is -0.496 e. The molecule has 0 fully saturated rings.